The number of amides is 1. The smallest absolute Gasteiger partial charge is 0.238 e. The number of benzene rings is 1. The lowest BCUT2D eigenvalue weighted by Gasteiger charge is -2.20. The third-order valence-electron chi connectivity index (χ3n) is 3.61. The van der Waals surface area contributed by atoms with Crippen molar-refractivity contribution in [1.82, 2.24) is 9.80 Å². The van der Waals surface area contributed by atoms with E-state index in [2.05, 4.69) is 31.0 Å². The first kappa shape index (κ1) is 16.4. The van der Waals surface area contributed by atoms with Crippen LogP contribution in [0.3, 0.4) is 0 Å². The number of hydrogen-bond donors (Lipinski definition) is 2. The summed E-state index contributed by atoms with van der Waals surface area (Å²) in [5.41, 5.74) is 0.805. The van der Waals surface area contributed by atoms with E-state index in [4.69, 9.17) is 5.11 Å². The molecule has 21 heavy (non-hydrogen) atoms. The summed E-state index contributed by atoms with van der Waals surface area (Å²) in [4.78, 5) is 16.5. The Balaban J connectivity index is 1.81. The van der Waals surface area contributed by atoms with Gasteiger partial charge in [0, 0.05) is 24.1 Å². The summed E-state index contributed by atoms with van der Waals surface area (Å²) in [6.45, 7) is 5.01. The molecule has 0 spiro atoms. The standard InChI is InChI=1S/C15H22BrN3O2/c16-13-4-1-2-5-14(13)17-15(21)12-19-7-3-6-18(8-9-19)10-11-20/h1-2,4-5,20H,3,6-12H2,(H,17,21). The molecule has 1 amide bonds. The first-order valence-corrected chi connectivity index (χ1v) is 8.08. The van der Waals surface area contributed by atoms with Crippen molar-refractivity contribution in [3.63, 3.8) is 0 Å². The van der Waals surface area contributed by atoms with Crippen LogP contribution in [0.5, 0.6) is 0 Å². The van der Waals surface area contributed by atoms with Crippen molar-refractivity contribution in [2.45, 2.75) is 6.42 Å². The van der Waals surface area contributed by atoms with Gasteiger partial charge in [-0.2, -0.15) is 0 Å². The molecule has 5 nitrogen and oxygen atoms in total. The SMILES string of the molecule is O=C(CN1CCCN(CCO)CC1)Nc1ccccc1Br. The van der Waals surface area contributed by atoms with Gasteiger partial charge in [0.1, 0.15) is 0 Å². The predicted molar refractivity (Wildman–Crippen MR) is 87.4 cm³/mol. The second-order valence-corrected chi connectivity index (χ2v) is 6.08. The lowest BCUT2D eigenvalue weighted by Crippen LogP contribution is -2.36. The van der Waals surface area contributed by atoms with E-state index < -0.39 is 0 Å². The summed E-state index contributed by atoms with van der Waals surface area (Å²) in [6, 6.07) is 7.62. The average molecular weight is 356 g/mol. The highest BCUT2D eigenvalue weighted by molar-refractivity contribution is 9.10. The van der Waals surface area contributed by atoms with E-state index in [9.17, 15) is 4.79 Å². The van der Waals surface area contributed by atoms with Crippen LogP contribution in [0, 0.1) is 0 Å². The van der Waals surface area contributed by atoms with Gasteiger partial charge in [-0.05, 0) is 47.6 Å². The Kier molecular flexibility index (Phi) is 6.63. The minimum atomic E-state index is 0.0116. The molecule has 0 aromatic heterocycles. The van der Waals surface area contributed by atoms with E-state index in [1.54, 1.807) is 0 Å². The van der Waals surface area contributed by atoms with E-state index in [0.29, 0.717) is 6.54 Å². The molecule has 0 atom stereocenters. The Morgan fingerprint density at radius 2 is 1.90 bits per heavy atom. The molecule has 1 aliphatic rings. The summed E-state index contributed by atoms with van der Waals surface area (Å²) < 4.78 is 0.892. The van der Waals surface area contributed by atoms with Gasteiger partial charge < -0.3 is 10.4 Å². The minimum absolute atomic E-state index is 0.0116. The average Bonchev–Trinajstić information content (AvgIpc) is 2.67. The van der Waals surface area contributed by atoms with Gasteiger partial charge in [-0.1, -0.05) is 12.1 Å². The van der Waals surface area contributed by atoms with Crippen molar-refractivity contribution >= 4 is 27.5 Å². The Bertz CT molecular complexity index is 470. The number of rotatable bonds is 5. The lowest BCUT2D eigenvalue weighted by molar-refractivity contribution is -0.117. The van der Waals surface area contributed by atoms with Crippen molar-refractivity contribution in [2.24, 2.45) is 0 Å². The Morgan fingerprint density at radius 3 is 2.67 bits per heavy atom. The molecule has 0 bridgehead atoms. The normalized spacial score (nSPS) is 17.4. The second kappa shape index (κ2) is 8.48. The topological polar surface area (TPSA) is 55.8 Å². The molecule has 0 aliphatic carbocycles. The summed E-state index contributed by atoms with van der Waals surface area (Å²) in [6.07, 6.45) is 1.03. The van der Waals surface area contributed by atoms with Crippen LogP contribution in [-0.4, -0.2) is 66.7 Å². The molecule has 1 fully saturated rings. The van der Waals surface area contributed by atoms with Crippen LogP contribution in [-0.2, 0) is 4.79 Å². The lowest BCUT2D eigenvalue weighted by atomic mass is 10.3. The van der Waals surface area contributed by atoms with Gasteiger partial charge >= 0.3 is 0 Å². The number of para-hydroxylation sites is 1. The van der Waals surface area contributed by atoms with E-state index in [1.807, 2.05) is 24.3 Å². The largest absolute Gasteiger partial charge is 0.395 e. The summed E-state index contributed by atoms with van der Waals surface area (Å²) >= 11 is 3.43. The number of halogens is 1. The maximum atomic E-state index is 12.1. The quantitative estimate of drug-likeness (QED) is 0.837. The molecule has 1 aliphatic heterocycles. The number of nitrogens with one attached hydrogen (secondary N) is 1. The Morgan fingerprint density at radius 1 is 1.19 bits per heavy atom. The van der Waals surface area contributed by atoms with Crippen molar-refractivity contribution in [3.05, 3.63) is 28.7 Å². The van der Waals surface area contributed by atoms with Crippen LogP contribution >= 0.6 is 15.9 Å². The first-order chi connectivity index (χ1) is 10.2. The number of carbonyl (C=O) groups is 1. The number of aliphatic hydroxyl groups excluding tert-OH is 1. The Hall–Kier alpha value is -0.950. The molecule has 1 saturated heterocycles. The van der Waals surface area contributed by atoms with E-state index in [0.717, 1.165) is 49.3 Å². The number of carbonyl (C=O) groups excluding carboxylic acids is 1. The van der Waals surface area contributed by atoms with Crippen LogP contribution < -0.4 is 5.32 Å². The number of aliphatic hydroxyl groups is 1. The second-order valence-electron chi connectivity index (χ2n) is 5.22. The molecule has 2 N–H and O–H groups in total. The number of hydrogen-bond acceptors (Lipinski definition) is 4. The van der Waals surface area contributed by atoms with E-state index >= 15 is 0 Å². The van der Waals surface area contributed by atoms with Gasteiger partial charge in [0.25, 0.3) is 0 Å². The molecular weight excluding hydrogens is 334 g/mol. The molecule has 116 valence electrons. The van der Waals surface area contributed by atoms with Crippen LogP contribution in [0.2, 0.25) is 0 Å². The summed E-state index contributed by atoms with van der Waals surface area (Å²) in [5.74, 6) is 0.0116. The van der Waals surface area contributed by atoms with Gasteiger partial charge in [0.2, 0.25) is 5.91 Å². The highest BCUT2D eigenvalue weighted by Crippen LogP contribution is 2.21. The third kappa shape index (κ3) is 5.39. The molecule has 2 rings (SSSR count). The first-order valence-electron chi connectivity index (χ1n) is 7.29. The molecule has 0 radical (unpaired) electrons. The van der Waals surface area contributed by atoms with Crippen molar-refractivity contribution in [2.75, 3.05) is 51.2 Å². The highest BCUT2D eigenvalue weighted by Gasteiger charge is 2.17. The molecule has 1 heterocycles. The number of anilines is 1. The molecule has 1 aromatic rings. The zero-order valence-corrected chi connectivity index (χ0v) is 13.7. The van der Waals surface area contributed by atoms with Gasteiger partial charge in [-0.15, -0.1) is 0 Å². The predicted octanol–water partition coefficient (Wildman–Crippen LogP) is 1.39. The highest BCUT2D eigenvalue weighted by atomic mass is 79.9. The molecule has 1 aromatic carbocycles. The van der Waals surface area contributed by atoms with E-state index in [1.165, 1.54) is 0 Å². The monoisotopic (exact) mass is 355 g/mol. The fourth-order valence-corrected chi connectivity index (χ4v) is 2.89. The van der Waals surface area contributed by atoms with Gasteiger partial charge in [-0.25, -0.2) is 0 Å². The third-order valence-corrected chi connectivity index (χ3v) is 4.30. The van der Waals surface area contributed by atoms with Crippen LogP contribution in [0.25, 0.3) is 0 Å². The Labute approximate surface area is 134 Å². The fourth-order valence-electron chi connectivity index (χ4n) is 2.50. The van der Waals surface area contributed by atoms with E-state index in [-0.39, 0.29) is 12.5 Å². The molecule has 6 heteroatoms. The van der Waals surface area contributed by atoms with Gasteiger partial charge in [0.05, 0.1) is 18.8 Å². The van der Waals surface area contributed by atoms with Crippen LogP contribution in [0.15, 0.2) is 28.7 Å². The number of β-amino-alcohol motifs (C(OH)–C–C–N with tert-alkyl or cyclic N) is 1. The summed E-state index contributed by atoms with van der Waals surface area (Å²) in [5, 5.41) is 11.9. The van der Waals surface area contributed by atoms with Gasteiger partial charge in [-0.3, -0.25) is 14.6 Å². The minimum Gasteiger partial charge on any atom is -0.395 e. The van der Waals surface area contributed by atoms with Crippen molar-refractivity contribution in [3.8, 4) is 0 Å². The summed E-state index contributed by atoms with van der Waals surface area (Å²) in [7, 11) is 0. The zero-order chi connectivity index (χ0) is 15.1. The van der Waals surface area contributed by atoms with Crippen LogP contribution in [0.1, 0.15) is 6.42 Å². The van der Waals surface area contributed by atoms with Crippen molar-refractivity contribution in [1.29, 1.82) is 0 Å². The molecular formula is C15H22BrN3O2. The maximum absolute atomic E-state index is 12.1. The molecule has 0 unspecified atom stereocenters. The zero-order valence-electron chi connectivity index (χ0n) is 12.1. The van der Waals surface area contributed by atoms with Crippen molar-refractivity contribution < 1.29 is 9.90 Å². The number of nitrogens with zero attached hydrogens (tertiary/aromatic N) is 2. The maximum Gasteiger partial charge on any atom is 0.238 e. The molecule has 0 saturated carbocycles. The van der Waals surface area contributed by atoms with Gasteiger partial charge in [0.15, 0.2) is 0 Å². The fraction of sp³-hybridized carbons (Fsp3) is 0.533. The van der Waals surface area contributed by atoms with Crippen LogP contribution in [0.4, 0.5) is 5.69 Å².